The molecule has 20 rings (SSSR count). The van der Waals surface area contributed by atoms with E-state index in [9.17, 15) is 0 Å². The number of anilines is 9. The molecular formula is C126H126N6. The van der Waals surface area contributed by atoms with Gasteiger partial charge in [-0.2, -0.15) is 0 Å². The molecule has 5 atom stereocenters. The highest BCUT2D eigenvalue weighted by atomic mass is 15.4. The van der Waals surface area contributed by atoms with Crippen LogP contribution in [0.1, 0.15) is 247 Å². The molecule has 5 unspecified atom stereocenters. The molecule has 132 heavy (non-hydrogen) atoms. The first-order valence-corrected chi connectivity index (χ1v) is 48.8. The van der Waals surface area contributed by atoms with Crippen molar-refractivity contribution in [1.82, 2.24) is 4.90 Å². The minimum atomic E-state index is -0.193. The topological polar surface area (TPSA) is 19.4 Å². The van der Waals surface area contributed by atoms with E-state index in [2.05, 4.69) is 498 Å². The zero-order valence-electron chi connectivity index (χ0n) is 79.7. The zero-order chi connectivity index (χ0) is 90.9. The summed E-state index contributed by atoms with van der Waals surface area (Å²) in [6, 6.07) is 126. The van der Waals surface area contributed by atoms with Crippen LogP contribution in [0.3, 0.4) is 0 Å². The molecule has 15 aromatic rings. The first kappa shape index (κ1) is 86.6. The smallest absolute Gasteiger partial charge is 0.132 e. The summed E-state index contributed by atoms with van der Waals surface area (Å²) >= 11 is 0. The lowest BCUT2D eigenvalue weighted by Crippen LogP contribution is -2.39. The van der Waals surface area contributed by atoms with Crippen molar-refractivity contribution < 1.29 is 0 Å². The van der Waals surface area contributed by atoms with Gasteiger partial charge in [0.15, 0.2) is 0 Å². The fourth-order valence-corrected chi connectivity index (χ4v) is 22.8. The van der Waals surface area contributed by atoms with E-state index in [1.807, 2.05) is 0 Å². The molecule has 1 saturated heterocycles. The van der Waals surface area contributed by atoms with Crippen LogP contribution in [-0.4, -0.2) is 24.0 Å². The van der Waals surface area contributed by atoms with Gasteiger partial charge in [-0.05, 0) is 248 Å². The Morgan fingerprint density at radius 1 is 0.333 bits per heavy atom. The third-order valence-electron chi connectivity index (χ3n) is 29.3. The molecule has 15 aromatic carbocycles. The molecule has 6 heteroatoms. The van der Waals surface area contributed by atoms with Gasteiger partial charge in [0.1, 0.15) is 12.3 Å². The second-order valence-corrected chi connectivity index (χ2v) is 40.0. The fraction of sp³-hybridized carbons (Fsp3) is 0.254. The predicted molar refractivity (Wildman–Crippen MR) is 562 cm³/mol. The van der Waals surface area contributed by atoms with Crippen LogP contribution in [0.5, 0.6) is 0 Å². The number of allylic oxidation sites excluding steroid dienone is 4. The lowest BCUT2D eigenvalue weighted by molar-refractivity contribution is 0.272. The second-order valence-electron chi connectivity index (χ2n) is 40.0. The zero-order valence-corrected chi connectivity index (χ0v) is 79.7. The standard InChI is InChI=1S/C126H126N6/c1-80(2)101-47-28-42-95(77-120(101)127-70-71-128(122-102(81(3)4)48-31-49-103(122)82(5)6)125(127)93-57-61-97(62-58-93)132(119-55-30-41-90-37-23-25-44-110(90)119)100-66-69-114-117(79-100)111-45-26-27-46-113(111)121(114)92-38-20-17-21-39-92)87(15)74-88-56-67-108-96(75-88)76-115(91-34-18-16-19-35-91)112-68-65-99(78-116(108)112)131(118-54-29-40-89-36-22-24-43-109(89)118)98-63-59-94(60-64-98)126-129(123-104(83(7)8)50-32-51-105(123)84(9)10)72-73-130(126)124-106(85(11)12)52-33-53-107(124)86(13)14/h16-71,75,77-87,115,120-121,125-126H,72-74,76H2,1-15H3. The van der Waals surface area contributed by atoms with Crippen molar-refractivity contribution in [2.24, 2.45) is 11.8 Å². The van der Waals surface area contributed by atoms with Crippen LogP contribution in [0.4, 0.5) is 51.2 Å². The number of rotatable bonds is 24. The number of hydrogen-bond donors (Lipinski definition) is 0. The SMILES string of the molecule is CC(C)C1=CC=CC(C(C)Cc2ccc3c(c2)CC(c2ccccc2)c2ccc(N(c4ccc(C5N(c6c(C(C)C)cccc6C(C)C)CCN5c5c(C(C)C)cccc5C(C)C)cc4)c4cccc5ccccc45)cc2-3)=CC1N1C=CN(c2c(C(C)C)cccc2C(C)C)C1c1ccc(N(c2ccc3c(c2)-c2ccccc2C3c2ccccc2)c2cccc3ccccc23)cc1. The van der Waals surface area contributed by atoms with E-state index >= 15 is 0 Å². The maximum atomic E-state index is 2.78. The Morgan fingerprint density at radius 2 is 0.773 bits per heavy atom. The molecule has 0 spiro atoms. The lowest BCUT2D eigenvalue weighted by atomic mass is 9.75. The van der Waals surface area contributed by atoms with Gasteiger partial charge in [-0.25, -0.2) is 0 Å². The number of hydrogen-bond acceptors (Lipinski definition) is 6. The van der Waals surface area contributed by atoms with E-state index in [1.165, 1.54) is 155 Å². The van der Waals surface area contributed by atoms with Crippen LogP contribution in [0.15, 0.2) is 375 Å². The first-order chi connectivity index (χ1) is 64.2. The van der Waals surface area contributed by atoms with E-state index in [-0.39, 0.29) is 42.0 Å². The van der Waals surface area contributed by atoms with Crippen molar-refractivity contribution in [3.05, 3.63) is 459 Å². The van der Waals surface area contributed by atoms with Gasteiger partial charge in [-0.15, -0.1) is 0 Å². The Hall–Kier alpha value is -13.4. The summed E-state index contributed by atoms with van der Waals surface area (Å²) in [7, 11) is 0. The van der Waals surface area contributed by atoms with Crippen LogP contribution in [0.25, 0.3) is 43.8 Å². The maximum Gasteiger partial charge on any atom is 0.132 e. The highest BCUT2D eigenvalue weighted by molar-refractivity contribution is 6.01. The van der Waals surface area contributed by atoms with Crippen LogP contribution in [0.2, 0.25) is 0 Å². The average Bonchev–Trinajstić information content (AvgIpc) is 1.48. The largest absolute Gasteiger partial charge is 0.345 e. The molecule has 6 nitrogen and oxygen atoms in total. The minimum absolute atomic E-state index is 0.0479. The van der Waals surface area contributed by atoms with Crippen LogP contribution in [0, 0.1) is 11.8 Å². The Labute approximate surface area is 785 Å². The summed E-state index contributed by atoms with van der Waals surface area (Å²) in [5, 5.41) is 4.84. The van der Waals surface area contributed by atoms with Crippen molar-refractivity contribution in [2.75, 3.05) is 37.6 Å². The summed E-state index contributed by atoms with van der Waals surface area (Å²) in [5.41, 5.74) is 39.2. The van der Waals surface area contributed by atoms with Crippen LogP contribution < -0.4 is 24.5 Å². The molecule has 0 radical (unpaired) electrons. The van der Waals surface area contributed by atoms with Crippen molar-refractivity contribution >= 4 is 72.7 Å². The van der Waals surface area contributed by atoms with E-state index in [0.717, 1.165) is 60.1 Å². The number of para-hydroxylation sites is 3. The predicted octanol–water partition coefficient (Wildman–Crippen LogP) is 33.8. The normalized spacial score (nSPS) is 16.8. The Kier molecular flexibility index (Phi) is 23.9. The molecule has 3 aliphatic carbocycles. The van der Waals surface area contributed by atoms with Crippen molar-refractivity contribution in [1.29, 1.82) is 0 Å². The monoisotopic (exact) mass is 1720 g/mol. The van der Waals surface area contributed by atoms with Crippen molar-refractivity contribution in [2.45, 2.75) is 182 Å². The van der Waals surface area contributed by atoms with E-state index in [0.29, 0.717) is 35.5 Å². The van der Waals surface area contributed by atoms with Gasteiger partial charge >= 0.3 is 0 Å². The van der Waals surface area contributed by atoms with Gasteiger partial charge in [-0.3, -0.25) is 0 Å². The van der Waals surface area contributed by atoms with Gasteiger partial charge in [0, 0.05) is 87.9 Å². The van der Waals surface area contributed by atoms with Crippen LogP contribution in [-0.2, 0) is 12.8 Å². The molecule has 0 amide bonds. The average molecular weight is 1720 g/mol. The number of fused-ring (bicyclic) bond motifs is 8. The number of benzene rings is 15. The molecule has 0 bridgehead atoms. The summed E-state index contributed by atoms with van der Waals surface area (Å²) < 4.78 is 0. The third-order valence-corrected chi connectivity index (χ3v) is 29.3. The third kappa shape index (κ3) is 15.9. The molecule has 2 heterocycles. The van der Waals surface area contributed by atoms with E-state index < -0.39 is 0 Å². The Bertz CT molecular complexity index is 6760. The first-order valence-electron chi connectivity index (χ1n) is 48.8. The van der Waals surface area contributed by atoms with Gasteiger partial charge in [0.05, 0.1) is 17.4 Å². The quantitative estimate of drug-likeness (QED) is 0.0596. The Morgan fingerprint density at radius 3 is 1.30 bits per heavy atom. The van der Waals surface area contributed by atoms with E-state index in [4.69, 9.17) is 0 Å². The summed E-state index contributed by atoms with van der Waals surface area (Å²) in [4.78, 5) is 15.9. The molecule has 0 saturated carbocycles. The second kappa shape index (κ2) is 36.4. The lowest BCUT2D eigenvalue weighted by Gasteiger charge is -2.41. The molecule has 5 aliphatic rings. The van der Waals surface area contributed by atoms with Gasteiger partial charge in [0.2, 0.25) is 0 Å². The molecule has 2 aliphatic heterocycles. The molecule has 1 fully saturated rings. The molecule has 660 valence electrons. The molecular weight excluding hydrogens is 1600 g/mol. The Balaban J connectivity index is 0.664. The summed E-state index contributed by atoms with van der Waals surface area (Å²) in [6.07, 6.45) is 16.3. The highest BCUT2D eigenvalue weighted by Gasteiger charge is 2.42. The van der Waals surface area contributed by atoms with Crippen molar-refractivity contribution in [3.63, 3.8) is 0 Å². The fourth-order valence-electron chi connectivity index (χ4n) is 22.8. The van der Waals surface area contributed by atoms with E-state index in [1.54, 1.807) is 0 Å². The van der Waals surface area contributed by atoms with Crippen molar-refractivity contribution in [3.8, 4) is 22.3 Å². The highest BCUT2D eigenvalue weighted by Crippen LogP contribution is 2.56. The van der Waals surface area contributed by atoms with Gasteiger partial charge < -0.3 is 29.4 Å². The molecule has 0 N–H and O–H groups in total. The van der Waals surface area contributed by atoms with Crippen LogP contribution >= 0.6 is 0 Å². The summed E-state index contributed by atoms with van der Waals surface area (Å²) in [6.45, 7) is 37.5. The van der Waals surface area contributed by atoms with Gasteiger partial charge in [0.25, 0.3) is 0 Å². The maximum absolute atomic E-state index is 2.78. The molecule has 0 aromatic heterocycles. The van der Waals surface area contributed by atoms with Gasteiger partial charge in [-0.1, -0.05) is 395 Å². The number of nitrogens with zero attached hydrogens (tertiary/aromatic N) is 6. The summed E-state index contributed by atoms with van der Waals surface area (Å²) in [5.74, 6) is 2.75. The minimum Gasteiger partial charge on any atom is -0.345 e.